The summed E-state index contributed by atoms with van der Waals surface area (Å²) < 4.78 is 8.00. The molecule has 0 atom stereocenters. The summed E-state index contributed by atoms with van der Waals surface area (Å²) in [6.07, 6.45) is 0. The minimum Gasteiger partial charge on any atom is 0 e. The normalized spacial score (nSPS) is 1.25. The van der Waals surface area contributed by atoms with Crippen LogP contribution in [0, 0.1) is 0 Å². The van der Waals surface area contributed by atoms with Gasteiger partial charge in [0.05, 0.1) is 0 Å². The van der Waals surface area contributed by atoms with E-state index in [4.69, 9.17) is 3.83 Å². The summed E-state index contributed by atoms with van der Waals surface area (Å²) in [6.45, 7) is 0. The topological polar surface area (TPSA) is 17.1 Å². The molecule has 0 aromatic carbocycles. The standard InChI is InChI=1S/Al.Fe.O.Ti.3H. The van der Waals surface area contributed by atoms with E-state index in [0.29, 0.717) is 0 Å². The van der Waals surface area contributed by atoms with Crippen molar-refractivity contribution >= 4 is 17.4 Å². The summed E-state index contributed by atoms with van der Waals surface area (Å²) in [6, 6.07) is 0. The van der Waals surface area contributed by atoms with Crippen molar-refractivity contribution in [1.82, 2.24) is 0 Å². The summed E-state index contributed by atoms with van der Waals surface area (Å²) in [5.41, 5.74) is 0. The minimum atomic E-state index is 0. The number of hydrogen-bond donors (Lipinski definition) is 0. The molecule has 0 unspecified atom stereocenters. The molecule has 0 N–H and O–H groups in total. The second kappa shape index (κ2) is 23.7. The van der Waals surface area contributed by atoms with Crippen LogP contribution in [-0.4, -0.2) is 17.4 Å². The Kier molecular flexibility index (Phi) is 104. The zero-order valence-corrected chi connectivity index (χ0v) is 3.93. The van der Waals surface area contributed by atoms with Gasteiger partial charge in [-0.1, -0.05) is 0 Å². The molecule has 0 heterocycles. The van der Waals surface area contributed by atoms with E-state index in [0.717, 1.165) is 0 Å². The predicted molar refractivity (Wildman–Crippen MR) is 10.6 cm³/mol. The van der Waals surface area contributed by atoms with Gasteiger partial charge in [0.1, 0.15) is 0 Å². The fraction of sp³-hybridized carbons (Fsp3) is 0. The van der Waals surface area contributed by atoms with E-state index in [9.17, 15) is 0 Å². The molecule has 0 fully saturated rings. The Morgan fingerprint density at radius 3 is 1.25 bits per heavy atom. The molecule has 0 aromatic heterocycles. The number of rotatable bonds is 0. The molecule has 0 radical (unpaired) electrons. The summed E-state index contributed by atoms with van der Waals surface area (Å²) in [5, 5.41) is 0. The van der Waals surface area contributed by atoms with Gasteiger partial charge in [-0.15, -0.1) is 0 Å². The van der Waals surface area contributed by atoms with Crippen LogP contribution < -0.4 is 0 Å². The van der Waals surface area contributed by atoms with Gasteiger partial charge < -0.3 is 0 Å². The Bertz CT molecular complexity index is 8.00. The summed E-state index contributed by atoms with van der Waals surface area (Å²) in [5.74, 6) is 0. The van der Waals surface area contributed by atoms with E-state index >= 15 is 0 Å². The molecular formula is H3AlFeOTi. The average molecular weight is 150 g/mol. The second-order valence-corrected chi connectivity index (χ2v) is 0. The van der Waals surface area contributed by atoms with Crippen molar-refractivity contribution < 1.29 is 41.5 Å². The zero-order chi connectivity index (χ0) is 2.00. The maximum atomic E-state index is 8.00. The van der Waals surface area contributed by atoms with Crippen molar-refractivity contribution in [3.05, 3.63) is 0 Å². The smallest absolute Gasteiger partial charge is 0 e. The van der Waals surface area contributed by atoms with Crippen LogP contribution in [0.3, 0.4) is 0 Å². The van der Waals surface area contributed by atoms with Gasteiger partial charge in [-0.05, 0) is 0 Å². The molecule has 24 valence electrons. The molecule has 0 saturated carbocycles. The van der Waals surface area contributed by atoms with Gasteiger partial charge >= 0.3 is 19.8 Å². The molecule has 0 spiro atoms. The van der Waals surface area contributed by atoms with Crippen LogP contribution in [0.5, 0.6) is 0 Å². The fourth-order valence-corrected chi connectivity index (χ4v) is 0. The van der Waals surface area contributed by atoms with Gasteiger partial charge in [0.25, 0.3) is 0 Å². The van der Waals surface area contributed by atoms with E-state index in [1.807, 2.05) is 15.9 Å². The quantitative estimate of drug-likeness (QED) is 0.391. The first-order valence-electron chi connectivity index (χ1n) is 0.144. The fourth-order valence-electron chi connectivity index (χ4n) is 0. The molecule has 0 amide bonds. The molecule has 4 heavy (non-hydrogen) atoms. The second-order valence-electron chi connectivity index (χ2n) is 0. The van der Waals surface area contributed by atoms with Gasteiger partial charge in [0, 0.05) is 21.7 Å². The molecule has 0 bridgehead atoms. The van der Waals surface area contributed by atoms with Crippen LogP contribution in [0.1, 0.15) is 0 Å². The van der Waals surface area contributed by atoms with Crippen LogP contribution in [0.4, 0.5) is 0 Å². The van der Waals surface area contributed by atoms with E-state index in [-0.39, 0.29) is 39.1 Å². The summed E-state index contributed by atoms with van der Waals surface area (Å²) in [7, 11) is 0. The van der Waals surface area contributed by atoms with E-state index < -0.39 is 0 Å². The van der Waals surface area contributed by atoms with Crippen molar-refractivity contribution in [1.29, 1.82) is 0 Å². The molecule has 0 rings (SSSR count). The van der Waals surface area contributed by atoms with Crippen LogP contribution in [0.2, 0.25) is 0 Å². The molecule has 0 aliphatic carbocycles. The Morgan fingerprint density at radius 1 is 1.25 bits per heavy atom. The van der Waals surface area contributed by atoms with Gasteiger partial charge in [-0.2, -0.15) is 0 Å². The first kappa shape index (κ1) is 17.6. The third-order valence-electron chi connectivity index (χ3n) is 0. The van der Waals surface area contributed by atoms with Gasteiger partial charge in [-0.25, -0.2) is 0 Å². The third kappa shape index (κ3) is 9.57. The van der Waals surface area contributed by atoms with Gasteiger partial charge in [0.2, 0.25) is 0 Å². The number of hydrogen-bond acceptors (Lipinski definition) is 1. The summed E-state index contributed by atoms with van der Waals surface area (Å²) >= 11 is 2.00. The third-order valence-corrected chi connectivity index (χ3v) is 0. The minimum absolute atomic E-state index is 0. The zero-order valence-electron chi connectivity index (χ0n) is 1.26. The Balaban J connectivity index is -0.00000000500. The Morgan fingerprint density at radius 2 is 1.25 bits per heavy atom. The van der Waals surface area contributed by atoms with Crippen LogP contribution in [-0.2, 0) is 41.5 Å². The molecule has 1 nitrogen and oxygen atoms in total. The molecule has 0 aliphatic rings. The monoisotopic (exact) mass is 150 g/mol. The van der Waals surface area contributed by atoms with Crippen molar-refractivity contribution in [2.75, 3.05) is 0 Å². The SMILES string of the molecule is [AlH3].[O]=[Fe].[Ti]. The first-order valence-corrected chi connectivity index (χ1v) is 0.595. The van der Waals surface area contributed by atoms with Gasteiger partial charge in [-0.3, -0.25) is 0 Å². The average Bonchev–Trinajstić information content (AvgIpc) is 1.00. The summed E-state index contributed by atoms with van der Waals surface area (Å²) in [4.78, 5) is 0. The van der Waals surface area contributed by atoms with Crippen LogP contribution >= 0.6 is 0 Å². The Hall–Kier alpha value is 1.57. The largest absolute Gasteiger partial charge is 0 e. The molecule has 0 saturated heterocycles. The van der Waals surface area contributed by atoms with Crippen molar-refractivity contribution in [3.8, 4) is 0 Å². The molecule has 0 aromatic rings. The van der Waals surface area contributed by atoms with Crippen molar-refractivity contribution in [2.24, 2.45) is 0 Å². The molecule has 0 aliphatic heterocycles. The predicted octanol–water partition coefficient (Wildman–Crippen LogP) is -1.31. The van der Waals surface area contributed by atoms with Gasteiger partial charge in [0.15, 0.2) is 17.4 Å². The Labute approximate surface area is 58.6 Å². The van der Waals surface area contributed by atoms with Crippen molar-refractivity contribution in [3.63, 3.8) is 0 Å². The van der Waals surface area contributed by atoms with E-state index in [1.54, 1.807) is 0 Å². The molecular weight excluding hydrogens is 147 g/mol. The maximum absolute atomic E-state index is 8.00. The van der Waals surface area contributed by atoms with E-state index in [1.165, 1.54) is 0 Å². The van der Waals surface area contributed by atoms with E-state index in [2.05, 4.69) is 0 Å². The van der Waals surface area contributed by atoms with Crippen LogP contribution in [0.25, 0.3) is 0 Å². The first-order chi connectivity index (χ1) is 1.00. The van der Waals surface area contributed by atoms with Crippen molar-refractivity contribution in [2.45, 2.75) is 0 Å². The van der Waals surface area contributed by atoms with Crippen LogP contribution in [0.15, 0.2) is 0 Å². The maximum Gasteiger partial charge on any atom is 0 e. The molecule has 4 heteroatoms.